The van der Waals surface area contributed by atoms with E-state index in [0.29, 0.717) is 95.4 Å². The molecule has 36 heteroatoms. The first-order chi connectivity index (χ1) is 45.9. The van der Waals surface area contributed by atoms with Gasteiger partial charge in [0.15, 0.2) is 52.6 Å². The molecule has 0 unspecified atom stereocenters. The Morgan fingerprint density at radius 3 is 1.34 bits per heavy atom. The van der Waals surface area contributed by atoms with Gasteiger partial charge in [-0.05, 0) is 87.5 Å². The Bertz CT molecular complexity index is 2930. The summed E-state index contributed by atoms with van der Waals surface area (Å²) in [5.74, 6) is 3.37. The van der Waals surface area contributed by atoms with Gasteiger partial charge >= 0.3 is 0 Å². The lowest BCUT2D eigenvalue weighted by Gasteiger charge is -2.11. The van der Waals surface area contributed by atoms with E-state index in [2.05, 4.69) is 144 Å². The first kappa shape index (κ1) is 75.3. The number of hydrogen-bond acceptors (Lipinski definition) is 26. The average molecular weight is 1410 g/mol. The molecule has 0 saturated carbocycles. The summed E-state index contributed by atoms with van der Waals surface area (Å²) in [6.07, 6.45) is 10.5. The highest BCUT2D eigenvalue weighted by molar-refractivity contribution is 8.16. The van der Waals surface area contributed by atoms with Crippen LogP contribution in [0.5, 0.6) is 0 Å². The first-order valence-electron chi connectivity index (χ1n) is 31.4. The maximum atomic E-state index is 11.3. The molecule has 4 aliphatic heterocycles. The maximum absolute atomic E-state index is 11.3. The summed E-state index contributed by atoms with van der Waals surface area (Å²) in [6.45, 7) is 39.8. The van der Waals surface area contributed by atoms with E-state index in [0.717, 1.165) is 33.5 Å². The minimum Gasteiger partial charge on any atom is -0.303 e. The lowest BCUT2D eigenvalue weighted by Crippen LogP contribution is -2.25. The molecule has 0 atom stereocenters. The summed E-state index contributed by atoms with van der Waals surface area (Å²) < 4.78 is 54.7. The minimum atomic E-state index is -0.247. The molecule has 0 bridgehead atoms. The van der Waals surface area contributed by atoms with Crippen molar-refractivity contribution in [3.8, 4) is 0 Å². The molecule has 4 fully saturated rings. The molecule has 0 aromatic rings. The van der Waals surface area contributed by atoms with Gasteiger partial charge in [-0.25, -0.2) is 0 Å². The third-order valence-electron chi connectivity index (χ3n) is 9.57. The molecule has 4 aliphatic rings. The van der Waals surface area contributed by atoms with Gasteiger partial charge in [0.05, 0.1) is 23.0 Å². The zero-order valence-electron chi connectivity index (χ0n) is 63.7. The van der Waals surface area contributed by atoms with E-state index in [1.807, 2.05) is 137 Å². The highest BCUT2D eigenvalue weighted by Crippen LogP contribution is 2.19. The van der Waals surface area contributed by atoms with E-state index in [9.17, 15) is 19.2 Å². The Kier molecular flexibility index (Phi) is 45.3. The molecule has 0 radical (unpaired) electrons. The van der Waals surface area contributed by atoms with Gasteiger partial charge in [0.2, 0.25) is 11.8 Å². The van der Waals surface area contributed by atoms with Crippen LogP contribution >= 0.6 is 95.8 Å². The van der Waals surface area contributed by atoms with Crippen molar-refractivity contribution in [1.29, 1.82) is 32.4 Å². The first-order valence-corrected chi connectivity index (χ1v) is 35.1. The number of hydrogen-bond donors (Lipinski definition) is 14. The lowest BCUT2D eigenvalue weighted by atomic mass is 10.1. The van der Waals surface area contributed by atoms with Crippen LogP contribution in [0.4, 0.5) is 0 Å². The fourth-order valence-electron chi connectivity index (χ4n) is 3.66. The Morgan fingerprint density at radius 1 is 0.533 bits per heavy atom. The van der Waals surface area contributed by atoms with Gasteiger partial charge in [0.1, 0.15) is 0 Å². The highest BCUT2D eigenvalue weighted by Gasteiger charge is 2.27. The highest BCUT2D eigenvalue weighted by atomic mass is 32.2. The molecule has 4 saturated heterocycles. The zero-order chi connectivity index (χ0) is 76.2. The summed E-state index contributed by atoms with van der Waals surface area (Å²) in [5.41, 5.74) is 14.1. The number of carbonyl (C=O) groups excluding carboxylic acids is 4. The van der Waals surface area contributed by atoms with Crippen molar-refractivity contribution in [3.05, 3.63) is 0 Å². The molecule has 0 spiro atoms. The standard InChI is InChI=1S/2C8H13N3OS.2C7H11N3OS.C7H15N3S.2C6H13N3S.C5H11N3S/c1-5(2)6(3)10-11-7(12)4-13-8(11)9;1-5(2)6(3)10-11-8-9-7(12)4-13-8;1-5(2)3-9-10-6(11)4-12-7(10)8;1-5(2)3-8-10-7-9-6(11)4-12-7;1-5(2)6(3)9-10-7(8)11-4;1-5(2)4-8-9-6(7)10-3;1-4(2)5(3)8-9-6(7)10;1-4(2)3-7-8-5(6)9/h5,9H,4H2,1-3H3;5H,4H2,1-3H3,(H,9,11,12);3,5,8H,4H2,1-2H3;3,5H,4H2,1-2H3,(H,9,10,11);5H,1-4H3,(H2,8,10);4-5H,1-3H3,(H2,7,9);4H,1-3H3,(H3,7,9,10);3-4H,1-2H3,(H3,6,8,9)/b9-8?,10-6+;10-6+;8-7?,9-3+;8-3+;9-6+;8-4+;8-5+;7-3+/i/hD8. The van der Waals surface area contributed by atoms with E-state index in [1.54, 1.807) is 24.9 Å². The van der Waals surface area contributed by atoms with Crippen LogP contribution in [0.25, 0.3) is 0 Å². The van der Waals surface area contributed by atoms with Crippen LogP contribution in [-0.2, 0) is 19.2 Å². The predicted octanol–water partition coefficient (Wildman–Crippen LogP) is 10.7. The van der Waals surface area contributed by atoms with Crippen molar-refractivity contribution in [2.45, 2.75) is 138 Å². The SMILES string of the molecule is [2H]N1C(=O)CS/C1=N\N=C(/C)C(C)C.[2H]N1C(=O)CS/C1=N\N=C\C(C)C.[2H]N=C(N/N=C(\C)C(C)C)SC.[2H]N=C(N/N=C/C(C)C)SC.[2H]N=C(S)N/N=C(\C)C(C)C.[2H]N=C(S)N/N=C/C(C)C.[2H]N=C1SCC(=O)N1/N=C(\C)C(C)C.[2H]N=C1SCC(=O)N1/N=C/C(C)C. The molecular formula is C54H100N24O4S8. The number of carbonyl (C=O) groups is 4. The summed E-state index contributed by atoms with van der Waals surface area (Å²) in [4.78, 5) is 44.3. The molecular weight excluding hydrogens is 1310 g/mol. The number of nitrogens with one attached hydrogen (secondary N) is 12. The molecule has 90 heavy (non-hydrogen) atoms. The minimum absolute atomic E-state index is 0.110. The Hall–Kier alpha value is -5.40. The quantitative estimate of drug-likeness (QED) is 0.0296. The second-order valence-electron chi connectivity index (χ2n) is 20.7. The molecule has 508 valence electrons. The van der Waals surface area contributed by atoms with E-state index < -0.39 is 0 Å². The van der Waals surface area contributed by atoms with Gasteiger partial charge in [-0.1, -0.05) is 181 Å². The molecule has 0 aromatic carbocycles. The normalized spacial score (nSPS) is 19.6. The average Bonchev–Trinajstić information content (AvgIpc) is 1.74. The summed E-state index contributed by atoms with van der Waals surface area (Å²) in [6, 6.07) is 0. The number of thiol groups is 2. The zero-order valence-corrected chi connectivity index (χ0v) is 62.4. The number of thioether (sulfide) groups is 6. The summed E-state index contributed by atoms with van der Waals surface area (Å²) in [7, 11) is 0. The fourth-order valence-corrected chi connectivity index (χ4v) is 6.50. The van der Waals surface area contributed by atoms with Crippen molar-refractivity contribution in [2.24, 2.45) is 98.4 Å². The molecule has 0 aromatic heterocycles. The van der Waals surface area contributed by atoms with Gasteiger partial charge < -0.3 is 10.6 Å². The van der Waals surface area contributed by atoms with Gasteiger partial charge in [0.25, 0.3) is 11.8 Å². The van der Waals surface area contributed by atoms with Gasteiger partial charge in [-0.3, -0.25) is 73.3 Å². The van der Waals surface area contributed by atoms with Crippen molar-refractivity contribution < 1.29 is 30.5 Å². The molecule has 0 aliphatic carbocycles. The van der Waals surface area contributed by atoms with Crippen LogP contribution in [-0.4, -0.2) is 158 Å². The smallest absolute Gasteiger partial charge is 0.259 e. The number of hydrazone groups is 6. The summed E-state index contributed by atoms with van der Waals surface area (Å²) in [5, 5.41) is 64.8. The van der Waals surface area contributed by atoms with Gasteiger partial charge in [0, 0.05) is 47.7 Å². The van der Waals surface area contributed by atoms with Crippen LogP contribution in [0.2, 0.25) is 11.3 Å². The van der Waals surface area contributed by atoms with E-state index >= 15 is 0 Å². The van der Waals surface area contributed by atoms with Crippen LogP contribution < -0.4 is 32.3 Å². The van der Waals surface area contributed by atoms with E-state index in [1.165, 1.54) is 80.6 Å². The Labute approximate surface area is 582 Å². The largest absolute Gasteiger partial charge is 0.303 e. The third kappa shape index (κ3) is 54.3. The van der Waals surface area contributed by atoms with Crippen LogP contribution in [0.15, 0.2) is 51.0 Å². The molecule has 4 heterocycles. The monoisotopic (exact) mass is 1410 g/mol. The van der Waals surface area contributed by atoms with Crippen LogP contribution in [0, 0.1) is 79.8 Å². The topological polar surface area (TPSA) is 414 Å². The second kappa shape index (κ2) is 54.2. The van der Waals surface area contributed by atoms with Crippen molar-refractivity contribution in [3.63, 3.8) is 0 Å². The van der Waals surface area contributed by atoms with Crippen LogP contribution in [0.3, 0.4) is 0 Å². The second-order valence-corrected chi connectivity index (χ2v) is 26.9. The van der Waals surface area contributed by atoms with Crippen LogP contribution in [0.1, 0.15) is 138 Å². The lowest BCUT2D eigenvalue weighted by molar-refractivity contribution is -0.124. The van der Waals surface area contributed by atoms with E-state index in [4.69, 9.17) is 11.3 Å². The number of amidine groups is 8. The molecule has 4 amide bonds. The fraction of sp³-hybridized carbons (Fsp3) is 0.630. The number of amides is 4. The van der Waals surface area contributed by atoms with Crippen molar-refractivity contribution in [1.82, 2.24) is 42.3 Å². The summed E-state index contributed by atoms with van der Waals surface area (Å²) >= 11 is 15.3. The third-order valence-corrected chi connectivity index (χ3v) is 14.0. The van der Waals surface area contributed by atoms with E-state index in [-0.39, 0.29) is 39.9 Å². The Balaban J connectivity index is -0.000000517. The molecule has 28 nitrogen and oxygen atoms in total. The van der Waals surface area contributed by atoms with Crippen molar-refractivity contribution in [2.75, 3.05) is 35.5 Å². The van der Waals surface area contributed by atoms with Crippen molar-refractivity contribution >= 4 is 209 Å². The molecule has 12 N–H and O–H groups in total. The number of rotatable bonds is 16. The maximum Gasteiger partial charge on any atom is 0.259 e. The molecule has 4 rings (SSSR count). The van der Waals surface area contributed by atoms with Gasteiger partial charge in [-0.15, -0.1) is 35.5 Å². The Morgan fingerprint density at radius 2 is 0.944 bits per heavy atom. The van der Waals surface area contributed by atoms with Gasteiger partial charge in [-0.2, -0.15) is 50.8 Å². The number of nitrogens with zero attached hydrogens (tertiary/aromatic N) is 12. The predicted molar refractivity (Wildman–Crippen MR) is 404 cm³/mol.